The zero-order valence-electron chi connectivity index (χ0n) is 19.2. The molecule has 0 spiro atoms. The second-order valence-electron chi connectivity index (χ2n) is 7.53. The van der Waals surface area contributed by atoms with E-state index < -0.39 is 0 Å². The van der Waals surface area contributed by atoms with E-state index >= 15 is 0 Å². The van der Waals surface area contributed by atoms with Crippen molar-refractivity contribution in [2.24, 2.45) is 0 Å². The van der Waals surface area contributed by atoms with Crippen LogP contribution in [0, 0.1) is 6.92 Å². The van der Waals surface area contributed by atoms with Crippen molar-refractivity contribution >= 4 is 28.5 Å². The minimum atomic E-state index is -0.240. The second kappa shape index (κ2) is 11.3. The van der Waals surface area contributed by atoms with Gasteiger partial charge in [0.2, 0.25) is 5.91 Å². The smallest absolute Gasteiger partial charge is 0.250 e. The fourth-order valence-corrected chi connectivity index (χ4v) is 4.22. The van der Waals surface area contributed by atoms with Gasteiger partial charge < -0.3 is 9.47 Å². The topological polar surface area (TPSA) is 60.5 Å². The van der Waals surface area contributed by atoms with E-state index in [0.717, 1.165) is 27.3 Å². The molecule has 0 saturated carbocycles. The zero-order chi connectivity index (χ0) is 23.8. The molecule has 34 heavy (non-hydrogen) atoms. The molecule has 0 unspecified atom stereocenters. The van der Waals surface area contributed by atoms with E-state index in [1.54, 1.807) is 6.08 Å². The Hall–Kier alpha value is -3.90. The van der Waals surface area contributed by atoms with Crippen molar-refractivity contribution in [1.82, 2.24) is 4.98 Å². The first-order chi connectivity index (χ1) is 16.6. The molecule has 0 bridgehead atoms. The van der Waals surface area contributed by atoms with Gasteiger partial charge in [0, 0.05) is 16.5 Å². The number of benzene rings is 3. The number of nitrogens with one attached hydrogen (secondary N) is 1. The van der Waals surface area contributed by atoms with Crippen molar-refractivity contribution in [3.63, 3.8) is 0 Å². The Balaban J connectivity index is 1.41. The Morgan fingerprint density at radius 3 is 2.44 bits per heavy atom. The highest BCUT2D eigenvalue weighted by Gasteiger charge is 2.11. The number of thiazole rings is 1. The van der Waals surface area contributed by atoms with Gasteiger partial charge in [-0.1, -0.05) is 66.7 Å². The van der Waals surface area contributed by atoms with Crippen LogP contribution in [0.1, 0.15) is 22.9 Å². The number of ether oxygens (including phenoxy) is 2. The van der Waals surface area contributed by atoms with Crippen LogP contribution in [-0.4, -0.2) is 17.5 Å². The maximum atomic E-state index is 12.5. The highest BCUT2D eigenvalue weighted by molar-refractivity contribution is 7.16. The highest BCUT2D eigenvalue weighted by Crippen LogP contribution is 2.31. The summed E-state index contributed by atoms with van der Waals surface area (Å²) in [6, 6.07) is 25.5. The summed E-state index contributed by atoms with van der Waals surface area (Å²) in [6.45, 7) is 4.90. The maximum Gasteiger partial charge on any atom is 0.250 e. The summed E-state index contributed by atoms with van der Waals surface area (Å²) in [4.78, 5) is 18.1. The minimum absolute atomic E-state index is 0.240. The number of aromatic nitrogens is 1. The van der Waals surface area contributed by atoms with Gasteiger partial charge in [-0.2, -0.15) is 0 Å². The number of hydrogen-bond acceptors (Lipinski definition) is 5. The van der Waals surface area contributed by atoms with Crippen LogP contribution in [0.5, 0.6) is 11.5 Å². The third kappa shape index (κ3) is 6.11. The van der Waals surface area contributed by atoms with Crippen LogP contribution < -0.4 is 14.8 Å². The van der Waals surface area contributed by atoms with E-state index in [9.17, 15) is 4.79 Å². The summed E-state index contributed by atoms with van der Waals surface area (Å²) in [5.41, 5.74) is 3.84. The quantitative estimate of drug-likeness (QED) is 0.275. The molecule has 0 aliphatic heterocycles. The number of nitrogens with zero attached hydrogens (tertiary/aromatic N) is 1. The monoisotopic (exact) mass is 470 g/mol. The van der Waals surface area contributed by atoms with E-state index in [1.807, 2.05) is 92.7 Å². The first-order valence-corrected chi connectivity index (χ1v) is 11.9. The van der Waals surface area contributed by atoms with Crippen molar-refractivity contribution in [3.8, 4) is 22.8 Å². The average Bonchev–Trinajstić information content (AvgIpc) is 3.23. The first kappa shape index (κ1) is 23.3. The van der Waals surface area contributed by atoms with Crippen LogP contribution in [-0.2, 0) is 11.4 Å². The molecule has 0 fully saturated rings. The molecular formula is C28H26N2O3S. The normalized spacial score (nSPS) is 10.9. The molecule has 4 aromatic rings. The first-order valence-electron chi connectivity index (χ1n) is 11.1. The van der Waals surface area contributed by atoms with E-state index in [-0.39, 0.29) is 5.91 Å². The molecule has 0 saturated heterocycles. The molecule has 0 radical (unpaired) electrons. The summed E-state index contributed by atoms with van der Waals surface area (Å²) in [6.07, 6.45) is 3.24. The molecule has 1 N–H and O–H groups in total. The highest BCUT2D eigenvalue weighted by atomic mass is 32.1. The fourth-order valence-electron chi connectivity index (χ4n) is 3.38. The summed E-state index contributed by atoms with van der Waals surface area (Å²) >= 11 is 1.46. The number of aryl methyl sites for hydroxylation is 1. The molecular weight excluding hydrogens is 444 g/mol. The van der Waals surface area contributed by atoms with Gasteiger partial charge in [-0.3, -0.25) is 10.1 Å². The van der Waals surface area contributed by atoms with E-state index in [2.05, 4.69) is 10.3 Å². The van der Waals surface area contributed by atoms with Crippen LogP contribution in [0.25, 0.3) is 17.3 Å². The predicted molar refractivity (Wildman–Crippen MR) is 138 cm³/mol. The average molecular weight is 471 g/mol. The number of carbonyl (C=O) groups is 1. The van der Waals surface area contributed by atoms with Crippen LogP contribution >= 0.6 is 11.3 Å². The van der Waals surface area contributed by atoms with E-state index in [1.165, 1.54) is 17.4 Å². The number of amides is 1. The van der Waals surface area contributed by atoms with Crippen LogP contribution in [0.2, 0.25) is 0 Å². The van der Waals surface area contributed by atoms with Crippen molar-refractivity contribution < 1.29 is 14.3 Å². The predicted octanol–water partition coefficient (Wildman–Crippen LogP) is 6.75. The summed E-state index contributed by atoms with van der Waals surface area (Å²) in [5.74, 6) is 1.07. The Bertz CT molecular complexity index is 1270. The van der Waals surface area contributed by atoms with Gasteiger partial charge >= 0.3 is 0 Å². The Morgan fingerprint density at radius 1 is 0.971 bits per heavy atom. The Morgan fingerprint density at radius 2 is 1.71 bits per heavy atom. The summed E-state index contributed by atoms with van der Waals surface area (Å²) in [7, 11) is 0. The van der Waals surface area contributed by atoms with Gasteiger partial charge in [0.25, 0.3) is 0 Å². The van der Waals surface area contributed by atoms with Gasteiger partial charge in [0.1, 0.15) is 6.61 Å². The molecule has 3 aromatic carbocycles. The van der Waals surface area contributed by atoms with Crippen molar-refractivity contribution in [2.75, 3.05) is 11.9 Å². The van der Waals surface area contributed by atoms with Crippen molar-refractivity contribution in [2.45, 2.75) is 20.5 Å². The van der Waals surface area contributed by atoms with Crippen LogP contribution in [0.15, 0.2) is 84.9 Å². The lowest BCUT2D eigenvalue weighted by Gasteiger charge is -2.12. The van der Waals surface area contributed by atoms with Gasteiger partial charge in [-0.05, 0) is 43.2 Å². The zero-order valence-corrected chi connectivity index (χ0v) is 20.0. The lowest BCUT2D eigenvalue weighted by Crippen LogP contribution is -2.07. The van der Waals surface area contributed by atoms with Gasteiger partial charge in [0.05, 0.1) is 12.3 Å². The molecule has 0 aliphatic rings. The Kier molecular flexibility index (Phi) is 7.73. The molecule has 1 amide bonds. The molecule has 172 valence electrons. The van der Waals surface area contributed by atoms with Gasteiger partial charge in [-0.15, -0.1) is 11.3 Å². The molecule has 1 aromatic heterocycles. The van der Waals surface area contributed by atoms with Crippen molar-refractivity contribution in [1.29, 1.82) is 0 Å². The lowest BCUT2D eigenvalue weighted by molar-refractivity contribution is -0.111. The number of rotatable bonds is 9. The Labute approximate surface area is 203 Å². The maximum absolute atomic E-state index is 12.5. The van der Waals surface area contributed by atoms with Crippen molar-refractivity contribution in [3.05, 3.63) is 101 Å². The standard InChI is InChI=1S/C28H26N2O3S/c1-3-32-25-18-21(14-16-24(25)33-19-22-10-6-4-7-11-22)15-17-26(31)29-28-30-27(20(2)34-28)23-12-8-5-9-13-23/h4-18H,3,19H2,1-2H3,(H,29,30,31). The summed E-state index contributed by atoms with van der Waals surface area (Å²) in [5, 5.41) is 3.43. The molecule has 1 heterocycles. The second-order valence-corrected chi connectivity index (χ2v) is 8.73. The molecule has 5 nitrogen and oxygen atoms in total. The number of anilines is 1. The van der Waals surface area contributed by atoms with Gasteiger partial charge in [-0.25, -0.2) is 4.98 Å². The van der Waals surface area contributed by atoms with E-state index in [0.29, 0.717) is 29.8 Å². The number of hydrogen-bond donors (Lipinski definition) is 1. The largest absolute Gasteiger partial charge is 0.490 e. The fraction of sp³-hybridized carbons (Fsp3) is 0.143. The molecule has 6 heteroatoms. The molecule has 0 atom stereocenters. The minimum Gasteiger partial charge on any atom is -0.490 e. The molecule has 4 rings (SSSR count). The van der Waals surface area contributed by atoms with Gasteiger partial charge in [0.15, 0.2) is 16.6 Å². The lowest BCUT2D eigenvalue weighted by atomic mass is 10.1. The third-order valence-corrected chi connectivity index (χ3v) is 5.89. The van der Waals surface area contributed by atoms with Crippen LogP contribution in [0.4, 0.5) is 5.13 Å². The van der Waals surface area contributed by atoms with E-state index in [4.69, 9.17) is 9.47 Å². The van der Waals surface area contributed by atoms with Crippen LogP contribution in [0.3, 0.4) is 0 Å². The summed E-state index contributed by atoms with van der Waals surface area (Å²) < 4.78 is 11.7. The SMILES string of the molecule is CCOc1cc(C=CC(=O)Nc2nc(-c3ccccc3)c(C)s2)ccc1OCc1ccccc1. The molecule has 0 aliphatic carbocycles. The number of carbonyl (C=O) groups excluding carboxylic acids is 1. The third-order valence-electron chi connectivity index (χ3n) is 5.01.